The summed E-state index contributed by atoms with van der Waals surface area (Å²) in [6.07, 6.45) is 9.09. The van der Waals surface area contributed by atoms with Crippen LogP contribution in [0, 0.1) is 12.7 Å². The number of halogens is 1. The molecule has 2 aromatic carbocycles. The Labute approximate surface area is 224 Å². The van der Waals surface area contributed by atoms with Crippen molar-refractivity contribution in [3.8, 4) is 17.0 Å². The van der Waals surface area contributed by atoms with E-state index < -0.39 is 5.82 Å². The number of aromatic nitrogens is 3. The molecule has 2 aromatic heterocycles. The summed E-state index contributed by atoms with van der Waals surface area (Å²) in [7, 11) is 5.25. The van der Waals surface area contributed by atoms with Crippen molar-refractivity contribution in [3.05, 3.63) is 84.3 Å². The van der Waals surface area contributed by atoms with Gasteiger partial charge in [-0.1, -0.05) is 0 Å². The van der Waals surface area contributed by atoms with Crippen molar-refractivity contribution in [2.75, 3.05) is 39.6 Å². The lowest BCUT2D eigenvalue weighted by Gasteiger charge is -2.22. The number of nitrogens with zero attached hydrogens (tertiary/aromatic N) is 6. The maximum atomic E-state index is 14.3. The molecule has 11 heteroatoms. The number of likely N-dealkylation sites (N-methyl/N-ethyl adjacent to an activating group) is 2. The van der Waals surface area contributed by atoms with Crippen LogP contribution < -0.4 is 10.1 Å². The van der Waals surface area contributed by atoms with Gasteiger partial charge in [-0.25, -0.2) is 18.7 Å². The molecule has 0 unspecified atom stereocenters. The van der Waals surface area contributed by atoms with Gasteiger partial charge in [0.05, 0.1) is 19.0 Å². The van der Waals surface area contributed by atoms with Crippen LogP contribution in [0.3, 0.4) is 0 Å². The Morgan fingerprint density at radius 3 is 2.66 bits per heavy atom. The normalized spacial score (nSPS) is 12.3. The summed E-state index contributed by atoms with van der Waals surface area (Å²) in [5.74, 6) is 0.264. The summed E-state index contributed by atoms with van der Waals surface area (Å²) in [5.41, 5.74) is 4.27. The number of benzene rings is 2. The number of fused-ring (bicyclic) bond motifs is 1. The Bertz CT molecular complexity index is 1520. The van der Waals surface area contributed by atoms with E-state index in [1.54, 1.807) is 47.8 Å². The molecule has 1 aliphatic heterocycles. The third-order valence-electron chi connectivity index (χ3n) is 6.20. The standard InChI is InChI=1S/C27H28FN7O2S/c1-18-15-20(6-7-21(18)27(36)32(2)11-12-33(3)38-34-13-14-34)31-25-26-30-17-23(35(26)10-9-29-25)19-5-8-24(37-4)22(28)16-19/h5-10,13-17H,11-12H2,1-4H3,(H,29,31). The summed E-state index contributed by atoms with van der Waals surface area (Å²) in [6, 6.07) is 10.4. The van der Waals surface area contributed by atoms with Crippen LogP contribution in [0.25, 0.3) is 16.9 Å². The lowest BCUT2D eigenvalue weighted by Crippen LogP contribution is -2.33. The number of nitrogens with one attached hydrogen (secondary N) is 1. The molecule has 1 aliphatic rings. The van der Waals surface area contributed by atoms with E-state index in [9.17, 15) is 9.18 Å². The minimum absolute atomic E-state index is 0.0258. The Morgan fingerprint density at radius 2 is 1.95 bits per heavy atom. The van der Waals surface area contributed by atoms with E-state index in [2.05, 4.69) is 19.6 Å². The fraction of sp³-hybridized carbons (Fsp3) is 0.222. The predicted octanol–water partition coefficient (Wildman–Crippen LogP) is 4.95. The van der Waals surface area contributed by atoms with Crippen molar-refractivity contribution >= 4 is 35.2 Å². The van der Waals surface area contributed by atoms with Crippen molar-refractivity contribution < 1.29 is 13.9 Å². The first-order chi connectivity index (χ1) is 18.3. The van der Waals surface area contributed by atoms with Gasteiger partial charge in [0.2, 0.25) is 0 Å². The molecule has 0 saturated heterocycles. The number of anilines is 2. The van der Waals surface area contributed by atoms with Gasteiger partial charge >= 0.3 is 0 Å². The van der Waals surface area contributed by atoms with Crippen LogP contribution in [0.5, 0.6) is 5.75 Å². The second-order valence-corrected chi connectivity index (χ2v) is 10.1. The van der Waals surface area contributed by atoms with Crippen LogP contribution in [-0.2, 0) is 0 Å². The molecule has 5 rings (SSSR count). The highest BCUT2D eigenvalue weighted by atomic mass is 32.2. The second kappa shape index (κ2) is 10.7. The van der Waals surface area contributed by atoms with Crippen LogP contribution in [-0.4, -0.2) is 68.1 Å². The maximum absolute atomic E-state index is 14.3. The van der Waals surface area contributed by atoms with Crippen LogP contribution in [0.15, 0.2) is 67.4 Å². The lowest BCUT2D eigenvalue weighted by atomic mass is 10.1. The van der Waals surface area contributed by atoms with Crippen molar-refractivity contribution in [1.29, 1.82) is 0 Å². The maximum Gasteiger partial charge on any atom is 0.253 e. The van der Waals surface area contributed by atoms with Crippen molar-refractivity contribution in [2.24, 2.45) is 0 Å². The molecular formula is C27H28FN7O2S. The predicted molar refractivity (Wildman–Crippen MR) is 148 cm³/mol. The van der Waals surface area contributed by atoms with E-state index in [-0.39, 0.29) is 11.7 Å². The highest BCUT2D eigenvalue weighted by Gasteiger charge is 2.18. The molecule has 0 atom stereocenters. The highest BCUT2D eigenvalue weighted by molar-refractivity contribution is 7.95. The fourth-order valence-corrected chi connectivity index (χ4v) is 4.69. The lowest BCUT2D eigenvalue weighted by molar-refractivity contribution is 0.0791. The molecular weight excluding hydrogens is 505 g/mol. The molecule has 38 heavy (non-hydrogen) atoms. The second-order valence-electron chi connectivity index (χ2n) is 8.93. The summed E-state index contributed by atoms with van der Waals surface area (Å²) >= 11 is 1.60. The largest absolute Gasteiger partial charge is 0.494 e. The first-order valence-corrected chi connectivity index (χ1v) is 12.7. The van der Waals surface area contributed by atoms with E-state index in [1.807, 2.05) is 60.3 Å². The van der Waals surface area contributed by atoms with Crippen LogP contribution >= 0.6 is 12.1 Å². The summed E-state index contributed by atoms with van der Waals surface area (Å²) in [6.45, 7) is 3.27. The van der Waals surface area contributed by atoms with Gasteiger partial charge in [0.1, 0.15) is 0 Å². The minimum atomic E-state index is -0.442. The van der Waals surface area contributed by atoms with Crippen molar-refractivity contribution in [2.45, 2.75) is 6.92 Å². The molecule has 3 heterocycles. The van der Waals surface area contributed by atoms with Gasteiger partial charge in [0.15, 0.2) is 23.0 Å². The number of hydrogen-bond acceptors (Lipinski definition) is 8. The van der Waals surface area contributed by atoms with E-state index in [1.165, 1.54) is 13.2 Å². The van der Waals surface area contributed by atoms with Crippen LogP contribution in [0.1, 0.15) is 15.9 Å². The molecule has 1 N–H and O–H groups in total. The van der Waals surface area contributed by atoms with Gasteiger partial charge in [-0.15, -0.1) is 0 Å². The van der Waals surface area contributed by atoms with Gasteiger partial charge in [-0.3, -0.25) is 13.5 Å². The molecule has 0 fully saturated rings. The summed E-state index contributed by atoms with van der Waals surface area (Å²) in [5, 5.41) is 3.31. The monoisotopic (exact) mass is 533 g/mol. The molecule has 0 saturated carbocycles. The SMILES string of the molecule is COc1ccc(-c2cnc3c(Nc4ccc(C(=O)N(C)CCN(C)SN5C=C5)c(C)c4)nccn23)cc1F. The summed E-state index contributed by atoms with van der Waals surface area (Å²) in [4.78, 5) is 23.8. The zero-order valence-corrected chi connectivity index (χ0v) is 22.4. The number of carbonyl (C=O) groups excluding carboxylic acids is 1. The third kappa shape index (κ3) is 5.43. The molecule has 1 amide bonds. The zero-order chi connectivity index (χ0) is 26.8. The van der Waals surface area contributed by atoms with E-state index >= 15 is 0 Å². The van der Waals surface area contributed by atoms with E-state index in [0.29, 0.717) is 29.1 Å². The van der Waals surface area contributed by atoms with E-state index in [4.69, 9.17) is 4.74 Å². The molecule has 196 valence electrons. The molecule has 0 aliphatic carbocycles. The van der Waals surface area contributed by atoms with Crippen molar-refractivity contribution in [1.82, 2.24) is 27.9 Å². The first-order valence-electron chi connectivity index (χ1n) is 12.0. The third-order valence-corrected chi connectivity index (χ3v) is 7.09. The van der Waals surface area contributed by atoms with Crippen LogP contribution in [0.2, 0.25) is 0 Å². The minimum Gasteiger partial charge on any atom is -0.494 e. The van der Waals surface area contributed by atoms with Crippen LogP contribution in [0.4, 0.5) is 15.9 Å². The average Bonchev–Trinajstić information content (AvgIpc) is 3.61. The summed E-state index contributed by atoms with van der Waals surface area (Å²) < 4.78 is 25.3. The van der Waals surface area contributed by atoms with E-state index in [0.717, 1.165) is 23.5 Å². The Morgan fingerprint density at radius 1 is 1.13 bits per heavy atom. The number of hydrogen-bond donors (Lipinski definition) is 1. The topological polar surface area (TPSA) is 78.0 Å². The molecule has 0 radical (unpaired) electrons. The first kappa shape index (κ1) is 25.6. The Balaban J connectivity index is 1.30. The van der Waals surface area contributed by atoms with Gasteiger partial charge in [0, 0.05) is 73.9 Å². The van der Waals surface area contributed by atoms with Gasteiger partial charge in [-0.05, 0) is 55.9 Å². The molecule has 0 bridgehead atoms. The van der Waals surface area contributed by atoms with Gasteiger partial charge < -0.3 is 15.0 Å². The van der Waals surface area contributed by atoms with Crippen molar-refractivity contribution in [3.63, 3.8) is 0 Å². The van der Waals surface area contributed by atoms with Gasteiger partial charge in [-0.2, -0.15) is 0 Å². The molecule has 0 spiro atoms. The number of imidazole rings is 1. The Hall–Kier alpha value is -4.09. The highest BCUT2D eigenvalue weighted by Crippen LogP contribution is 2.29. The number of amides is 1. The Kier molecular flexibility index (Phi) is 7.21. The number of aryl methyl sites for hydroxylation is 1. The molecule has 9 nitrogen and oxygen atoms in total. The number of methoxy groups -OCH3 is 1. The zero-order valence-electron chi connectivity index (χ0n) is 21.6. The number of ether oxygens (including phenoxy) is 1. The quantitative estimate of drug-likeness (QED) is 0.287. The number of carbonyl (C=O) groups is 1. The number of rotatable bonds is 10. The van der Waals surface area contributed by atoms with Gasteiger partial charge in [0.25, 0.3) is 5.91 Å². The average molecular weight is 534 g/mol. The fourth-order valence-electron chi connectivity index (χ4n) is 4.05. The smallest absolute Gasteiger partial charge is 0.253 e. The molecule has 4 aromatic rings.